The summed E-state index contributed by atoms with van der Waals surface area (Å²) >= 11 is 0. The highest BCUT2D eigenvalue weighted by Crippen LogP contribution is 2.50. The second-order valence-corrected chi connectivity index (χ2v) is 8.39. The molecule has 8 nitrogen and oxygen atoms in total. The highest BCUT2D eigenvalue weighted by molar-refractivity contribution is 6.11. The van der Waals surface area contributed by atoms with Gasteiger partial charge in [-0.15, -0.1) is 0 Å². The zero-order valence-corrected chi connectivity index (χ0v) is 19.3. The van der Waals surface area contributed by atoms with Crippen molar-refractivity contribution in [1.82, 2.24) is 0 Å². The van der Waals surface area contributed by atoms with Crippen molar-refractivity contribution >= 4 is 17.8 Å². The van der Waals surface area contributed by atoms with Gasteiger partial charge in [-0.2, -0.15) is 0 Å². The molecule has 4 rings (SSSR count). The summed E-state index contributed by atoms with van der Waals surface area (Å²) in [6.07, 6.45) is 3.90. The molecule has 0 saturated heterocycles. The summed E-state index contributed by atoms with van der Waals surface area (Å²) in [4.78, 5) is 25.4. The minimum absolute atomic E-state index is 0.0192. The van der Waals surface area contributed by atoms with Crippen LogP contribution in [0.1, 0.15) is 27.0 Å². The van der Waals surface area contributed by atoms with Crippen molar-refractivity contribution < 1.29 is 37.8 Å². The van der Waals surface area contributed by atoms with Crippen LogP contribution in [0.3, 0.4) is 0 Å². The van der Waals surface area contributed by atoms with Crippen molar-refractivity contribution in [1.29, 1.82) is 0 Å². The third-order valence-corrected chi connectivity index (χ3v) is 6.16. The molecule has 2 aromatic rings. The average Bonchev–Trinajstić information content (AvgIpc) is 3.30. The van der Waals surface area contributed by atoms with Gasteiger partial charge in [-0.25, -0.2) is 4.79 Å². The van der Waals surface area contributed by atoms with Gasteiger partial charge >= 0.3 is 5.97 Å². The van der Waals surface area contributed by atoms with Crippen molar-refractivity contribution in [2.75, 3.05) is 48.3 Å². The Morgan fingerprint density at radius 3 is 2.42 bits per heavy atom. The van der Waals surface area contributed by atoms with Crippen molar-refractivity contribution in [3.05, 3.63) is 52.6 Å². The SMILES string of the molecule is COC(=O)C[N@@+]1(C)CCc2c(c(OC)c3c(c2C(=O)/C=C/c2ccc(OC)cc2)OCO3)C1. The monoisotopic (exact) mass is 454 g/mol. The second-order valence-electron chi connectivity index (χ2n) is 8.39. The van der Waals surface area contributed by atoms with Crippen LogP contribution in [0.2, 0.25) is 0 Å². The van der Waals surface area contributed by atoms with E-state index in [1.165, 1.54) is 7.11 Å². The lowest BCUT2D eigenvalue weighted by Gasteiger charge is -2.38. The van der Waals surface area contributed by atoms with Gasteiger partial charge in [0.25, 0.3) is 0 Å². The van der Waals surface area contributed by atoms with Crippen molar-refractivity contribution in [3.63, 3.8) is 0 Å². The lowest BCUT2D eigenvalue weighted by Crippen LogP contribution is -2.51. The van der Waals surface area contributed by atoms with E-state index in [2.05, 4.69) is 0 Å². The van der Waals surface area contributed by atoms with E-state index < -0.39 is 0 Å². The molecule has 0 bridgehead atoms. The molecule has 2 heterocycles. The first kappa shape index (κ1) is 22.7. The number of likely N-dealkylation sites (N-methyl/N-ethyl adjacent to an activating group) is 1. The molecule has 0 unspecified atom stereocenters. The lowest BCUT2D eigenvalue weighted by atomic mass is 9.89. The minimum Gasteiger partial charge on any atom is -0.497 e. The predicted molar refractivity (Wildman–Crippen MR) is 121 cm³/mol. The molecule has 0 amide bonds. The fourth-order valence-corrected chi connectivity index (χ4v) is 4.44. The highest BCUT2D eigenvalue weighted by atomic mass is 16.7. The van der Waals surface area contributed by atoms with Crippen LogP contribution in [0.15, 0.2) is 30.3 Å². The van der Waals surface area contributed by atoms with E-state index in [1.807, 2.05) is 31.3 Å². The number of methoxy groups -OCH3 is 3. The number of nitrogens with zero attached hydrogens (tertiary/aromatic N) is 1. The number of esters is 1. The van der Waals surface area contributed by atoms with E-state index in [9.17, 15) is 9.59 Å². The first-order valence-corrected chi connectivity index (χ1v) is 10.7. The number of ether oxygens (including phenoxy) is 5. The molecule has 0 fully saturated rings. The van der Waals surface area contributed by atoms with E-state index in [0.717, 1.165) is 22.4 Å². The molecule has 0 radical (unpaired) electrons. The van der Waals surface area contributed by atoms with Gasteiger partial charge in [0.1, 0.15) is 12.3 Å². The Labute approximate surface area is 192 Å². The maximum atomic E-state index is 13.4. The Hall–Kier alpha value is -3.52. The van der Waals surface area contributed by atoms with Gasteiger partial charge in [-0.1, -0.05) is 18.2 Å². The molecular formula is C25H28NO7+. The molecule has 1 atom stereocenters. The van der Waals surface area contributed by atoms with Gasteiger partial charge < -0.3 is 28.2 Å². The number of rotatable bonds is 7. The number of carbonyl (C=O) groups excluding carboxylic acids is 2. The molecule has 2 aliphatic rings. The highest BCUT2D eigenvalue weighted by Gasteiger charge is 2.40. The second kappa shape index (κ2) is 9.15. The molecule has 0 aromatic heterocycles. The summed E-state index contributed by atoms with van der Waals surface area (Å²) in [6.45, 7) is 1.43. The predicted octanol–water partition coefficient (Wildman–Crippen LogP) is 3.00. The minimum atomic E-state index is -0.278. The lowest BCUT2D eigenvalue weighted by molar-refractivity contribution is -0.917. The summed E-state index contributed by atoms with van der Waals surface area (Å²) in [5.41, 5.74) is 3.11. The Balaban J connectivity index is 1.73. The molecule has 2 aromatic carbocycles. The Morgan fingerprint density at radius 1 is 1.03 bits per heavy atom. The summed E-state index contributed by atoms with van der Waals surface area (Å²) < 4.78 is 27.6. The summed E-state index contributed by atoms with van der Waals surface area (Å²) in [5.74, 6) is 1.71. The number of carbonyl (C=O) groups is 2. The van der Waals surface area contributed by atoms with E-state index >= 15 is 0 Å². The standard InChI is InChI=1S/C25H28NO7/c1-26(14-21(28)30-3)12-11-18-19(13-26)23(31-4)25-24(32-15-33-25)22(18)20(27)10-7-16-5-8-17(29-2)9-6-16/h5-10H,11-15H2,1-4H3/q+1/b10-7+/t26-/m0/s1. The van der Waals surface area contributed by atoms with Crippen LogP contribution in [0.4, 0.5) is 0 Å². The maximum absolute atomic E-state index is 13.4. The Morgan fingerprint density at radius 2 is 1.76 bits per heavy atom. The number of fused-ring (bicyclic) bond motifs is 2. The number of hydrogen-bond donors (Lipinski definition) is 0. The molecule has 0 aliphatic carbocycles. The van der Waals surface area contributed by atoms with E-state index in [4.69, 9.17) is 23.7 Å². The molecule has 33 heavy (non-hydrogen) atoms. The van der Waals surface area contributed by atoms with Crippen molar-refractivity contribution in [2.24, 2.45) is 0 Å². The largest absolute Gasteiger partial charge is 0.497 e. The van der Waals surface area contributed by atoms with Crippen molar-refractivity contribution in [3.8, 4) is 23.0 Å². The van der Waals surface area contributed by atoms with Crippen LogP contribution in [0.25, 0.3) is 6.08 Å². The fraction of sp³-hybridized carbons (Fsp3) is 0.360. The van der Waals surface area contributed by atoms with Crippen LogP contribution in [-0.4, -0.2) is 64.5 Å². The van der Waals surface area contributed by atoms with Gasteiger partial charge in [0, 0.05) is 6.42 Å². The first-order valence-electron chi connectivity index (χ1n) is 10.7. The molecule has 8 heteroatoms. The molecule has 2 aliphatic heterocycles. The molecule has 0 spiro atoms. The number of allylic oxidation sites excluding steroid dienone is 1. The van der Waals surface area contributed by atoms with Gasteiger partial charge in [-0.05, 0) is 29.3 Å². The summed E-state index contributed by atoms with van der Waals surface area (Å²) in [5, 5.41) is 0. The van der Waals surface area contributed by atoms with E-state index in [-0.39, 0.29) is 25.1 Å². The zero-order chi connectivity index (χ0) is 23.6. The van der Waals surface area contributed by atoms with Crippen molar-refractivity contribution in [2.45, 2.75) is 13.0 Å². The summed E-state index contributed by atoms with van der Waals surface area (Å²) in [6, 6.07) is 7.44. The van der Waals surface area contributed by atoms with Crippen LogP contribution in [-0.2, 0) is 22.5 Å². The number of quaternary nitrogens is 1. The number of hydrogen-bond acceptors (Lipinski definition) is 7. The Kier molecular flexibility index (Phi) is 6.29. The third kappa shape index (κ3) is 4.39. The van der Waals surface area contributed by atoms with Gasteiger partial charge in [-0.3, -0.25) is 4.79 Å². The van der Waals surface area contributed by atoms with E-state index in [0.29, 0.717) is 46.8 Å². The van der Waals surface area contributed by atoms with Crippen LogP contribution in [0.5, 0.6) is 23.0 Å². The van der Waals surface area contributed by atoms with Gasteiger partial charge in [0.15, 0.2) is 23.8 Å². The normalized spacial score (nSPS) is 18.7. The molecule has 0 saturated carbocycles. The average molecular weight is 454 g/mol. The molecule has 0 N–H and O–H groups in total. The zero-order valence-electron chi connectivity index (χ0n) is 19.3. The van der Waals surface area contributed by atoms with Crippen LogP contribution in [0, 0.1) is 0 Å². The van der Waals surface area contributed by atoms with Gasteiger partial charge in [0.05, 0.1) is 46.0 Å². The maximum Gasteiger partial charge on any atom is 0.361 e. The quantitative estimate of drug-likeness (QED) is 0.275. The van der Waals surface area contributed by atoms with Crippen LogP contribution >= 0.6 is 0 Å². The Bertz CT molecular complexity index is 1110. The molecule has 174 valence electrons. The number of ketones is 1. The van der Waals surface area contributed by atoms with Gasteiger partial charge in [0.2, 0.25) is 12.5 Å². The fourth-order valence-electron chi connectivity index (χ4n) is 4.44. The smallest absolute Gasteiger partial charge is 0.361 e. The summed E-state index contributed by atoms with van der Waals surface area (Å²) in [7, 11) is 6.56. The first-order chi connectivity index (χ1) is 15.9. The van der Waals surface area contributed by atoms with Crippen LogP contribution < -0.4 is 18.9 Å². The van der Waals surface area contributed by atoms with E-state index in [1.54, 1.807) is 26.4 Å². The molecular weight excluding hydrogens is 426 g/mol. The topological polar surface area (TPSA) is 80.3 Å². The third-order valence-electron chi connectivity index (χ3n) is 6.16. The number of benzene rings is 2.